The van der Waals surface area contributed by atoms with E-state index in [1.807, 2.05) is 6.92 Å². The Morgan fingerprint density at radius 2 is 1.94 bits per heavy atom. The van der Waals surface area contributed by atoms with Gasteiger partial charge < -0.3 is 24.0 Å². The Labute approximate surface area is 192 Å². The summed E-state index contributed by atoms with van der Waals surface area (Å²) in [6.07, 6.45) is 4.77. The highest BCUT2D eigenvalue weighted by Crippen LogP contribution is 2.48. The molecule has 33 heavy (non-hydrogen) atoms. The minimum Gasteiger partial charge on any atom is -0.450 e. The highest BCUT2D eigenvalue weighted by molar-refractivity contribution is 6.06. The van der Waals surface area contributed by atoms with E-state index in [9.17, 15) is 14.0 Å². The first-order valence-electron chi connectivity index (χ1n) is 11.7. The topological polar surface area (TPSA) is 79.1 Å². The van der Waals surface area contributed by atoms with Crippen molar-refractivity contribution in [2.45, 2.75) is 44.1 Å². The number of carbonyl (C=O) groups is 2. The number of piperidine rings is 2. The number of nitrogens with zero attached hydrogens (tertiary/aromatic N) is 4. The van der Waals surface area contributed by atoms with Crippen molar-refractivity contribution in [3.05, 3.63) is 47.6 Å². The molecule has 8 nitrogen and oxygen atoms in total. The third-order valence-electron chi connectivity index (χ3n) is 7.44. The Morgan fingerprint density at radius 1 is 1.18 bits per heavy atom. The Kier molecular flexibility index (Phi) is 5.82. The molecular weight excluding hydrogens is 427 g/mol. The quantitative estimate of drug-likeness (QED) is 0.704. The first kappa shape index (κ1) is 21.9. The van der Waals surface area contributed by atoms with Gasteiger partial charge in [0, 0.05) is 42.8 Å². The Morgan fingerprint density at radius 3 is 2.61 bits per heavy atom. The molecule has 2 aromatic rings. The van der Waals surface area contributed by atoms with Crippen molar-refractivity contribution in [3.8, 4) is 0 Å². The summed E-state index contributed by atoms with van der Waals surface area (Å²) in [5.74, 6) is -0.338. The molecule has 176 valence electrons. The van der Waals surface area contributed by atoms with Crippen LogP contribution in [0, 0.1) is 5.82 Å². The number of fused-ring (bicyclic) bond motifs is 2. The highest BCUT2D eigenvalue weighted by atomic mass is 19.1. The van der Waals surface area contributed by atoms with Crippen molar-refractivity contribution in [1.82, 2.24) is 15.0 Å². The largest absolute Gasteiger partial charge is 0.450 e. The van der Waals surface area contributed by atoms with Crippen LogP contribution in [0.15, 0.2) is 35.0 Å². The fraction of sp³-hybridized carbons (Fsp3) is 0.542. The summed E-state index contributed by atoms with van der Waals surface area (Å²) in [5, 5.41) is 3.66. The van der Waals surface area contributed by atoms with Gasteiger partial charge >= 0.3 is 6.09 Å². The zero-order valence-corrected chi connectivity index (χ0v) is 18.8. The van der Waals surface area contributed by atoms with Crippen LogP contribution >= 0.6 is 0 Å². The molecule has 0 unspecified atom stereocenters. The van der Waals surface area contributed by atoms with Crippen molar-refractivity contribution >= 4 is 17.7 Å². The van der Waals surface area contributed by atoms with Gasteiger partial charge in [0.2, 0.25) is 5.76 Å². The maximum Gasteiger partial charge on any atom is 0.409 e. The van der Waals surface area contributed by atoms with Crippen molar-refractivity contribution in [2.75, 3.05) is 44.2 Å². The van der Waals surface area contributed by atoms with Crippen LogP contribution in [0.1, 0.15) is 48.7 Å². The lowest BCUT2D eigenvalue weighted by Gasteiger charge is -2.45. The number of halogens is 1. The zero-order chi connectivity index (χ0) is 23.0. The number of likely N-dealkylation sites (tertiary alicyclic amines) is 2. The fourth-order valence-corrected chi connectivity index (χ4v) is 5.65. The smallest absolute Gasteiger partial charge is 0.409 e. The number of hydrogen-bond donors (Lipinski definition) is 0. The highest BCUT2D eigenvalue weighted by Gasteiger charge is 2.48. The third-order valence-corrected chi connectivity index (χ3v) is 7.44. The molecular formula is C24H29FN4O4. The van der Waals surface area contributed by atoms with E-state index >= 15 is 0 Å². The lowest BCUT2D eigenvalue weighted by Crippen LogP contribution is -2.52. The van der Waals surface area contributed by atoms with Gasteiger partial charge in [-0.25, -0.2) is 9.18 Å². The summed E-state index contributed by atoms with van der Waals surface area (Å²) >= 11 is 0. The van der Waals surface area contributed by atoms with Gasteiger partial charge in [-0.05, 0) is 69.5 Å². The molecule has 1 spiro atoms. The fourth-order valence-electron chi connectivity index (χ4n) is 5.65. The molecule has 5 rings (SSSR count). The number of carbonyl (C=O) groups excluding carboxylic acids is 2. The van der Waals surface area contributed by atoms with Gasteiger partial charge in [0.05, 0.1) is 12.8 Å². The first-order chi connectivity index (χ1) is 16.0. The van der Waals surface area contributed by atoms with Gasteiger partial charge in [0.1, 0.15) is 5.82 Å². The molecule has 0 atom stereocenters. The van der Waals surface area contributed by atoms with E-state index in [-0.39, 0.29) is 29.0 Å². The Balaban J connectivity index is 1.28. The molecule has 3 aliphatic heterocycles. The second-order valence-electron chi connectivity index (χ2n) is 9.16. The third kappa shape index (κ3) is 3.99. The van der Waals surface area contributed by atoms with E-state index in [2.05, 4.69) is 10.1 Å². The summed E-state index contributed by atoms with van der Waals surface area (Å²) < 4.78 is 24.5. The Hall–Kier alpha value is -2.94. The number of rotatable bonds is 3. The standard InChI is InChI=1S/C24H29FN4O4/c1-2-32-23(31)28-11-6-18(7-12-28)27-13-8-24(9-14-27)16-29(22(30)21-5-10-26-33-21)20-4-3-17(25)15-19(20)24/h3-5,10,15,18H,2,6-9,11-14,16H2,1H3. The van der Waals surface area contributed by atoms with Gasteiger partial charge in [-0.2, -0.15) is 0 Å². The predicted molar refractivity (Wildman–Crippen MR) is 119 cm³/mol. The van der Waals surface area contributed by atoms with E-state index < -0.39 is 0 Å². The van der Waals surface area contributed by atoms with Gasteiger partial charge in [-0.15, -0.1) is 0 Å². The minimum atomic E-state index is -0.282. The van der Waals surface area contributed by atoms with Crippen molar-refractivity contribution in [3.63, 3.8) is 0 Å². The molecule has 2 fully saturated rings. The molecule has 0 N–H and O–H groups in total. The maximum atomic E-state index is 14.2. The SMILES string of the molecule is CCOC(=O)N1CCC(N2CCC3(CC2)CN(C(=O)c2ccno2)c2ccc(F)cc23)CC1. The Bertz CT molecular complexity index is 1010. The number of benzene rings is 1. The minimum absolute atomic E-state index is 0.188. The van der Waals surface area contributed by atoms with Crippen LogP contribution in [-0.4, -0.2) is 72.3 Å². The molecule has 1 aromatic carbocycles. The number of hydrogen-bond acceptors (Lipinski definition) is 6. The number of amides is 2. The van der Waals surface area contributed by atoms with Crippen LogP contribution in [0.2, 0.25) is 0 Å². The van der Waals surface area contributed by atoms with Crippen LogP contribution in [0.25, 0.3) is 0 Å². The normalized spacial score (nSPS) is 20.8. The van der Waals surface area contributed by atoms with E-state index in [1.54, 1.807) is 28.0 Å². The molecule has 0 saturated carbocycles. The average molecular weight is 457 g/mol. The summed E-state index contributed by atoms with van der Waals surface area (Å²) in [7, 11) is 0. The average Bonchev–Trinajstić information content (AvgIpc) is 3.47. The van der Waals surface area contributed by atoms with Crippen LogP contribution in [-0.2, 0) is 10.2 Å². The molecule has 4 heterocycles. The number of ether oxygens (including phenoxy) is 1. The van der Waals surface area contributed by atoms with E-state index in [1.165, 1.54) is 12.3 Å². The molecule has 2 amide bonds. The van der Waals surface area contributed by atoms with E-state index in [0.717, 1.165) is 50.0 Å². The van der Waals surface area contributed by atoms with E-state index in [0.29, 0.717) is 32.3 Å². The number of aromatic nitrogens is 1. The molecule has 3 aliphatic rings. The monoisotopic (exact) mass is 456 g/mol. The molecule has 9 heteroatoms. The van der Waals surface area contributed by atoms with Gasteiger partial charge in [0.15, 0.2) is 0 Å². The summed E-state index contributed by atoms with van der Waals surface area (Å²) in [5.41, 5.74) is 1.40. The van der Waals surface area contributed by atoms with Crippen molar-refractivity contribution in [2.24, 2.45) is 0 Å². The molecule has 1 aromatic heterocycles. The lowest BCUT2D eigenvalue weighted by molar-refractivity contribution is 0.0575. The first-order valence-corrected chi connectivity index (χ1v) is 11.7. The molecule has 2 saturated heterocycles. The second-order valence-corrected chi connectivity index (χ2v) is 9.16. The number of anilines is 1. The second kappa shape index (κ2) is 8.78. The van der Waals surface area contributed by atoms with Crippen molar-refractivity contribution in [1.29, 1.82) is 0 Å². The van der Waals surface area contributed by atoms with Gasteiger partial charge in [-0.1, -0.05) is 5.16 Å². The summed E-state index contributed by atoms with van der Waals surface area (Å²) in [4.78, 5) is 31.0. The van der Waals surface area contributed by atoms with Gasteiger partial charge in [-0.3, -0.25) is 4.79 Å². The van der Waals surface area contributed by atoms with Crippen molar-refractivity contribution < 1.29 is 23.2 Å². The molecule has 0 radical (unpaired) electrons. The lowest BCUT2D eigenvalue weighted by atomic mass is 9.74. The maximum absolute atomic E-state index is 14.2. The van der Waals surface area contributed by atoms with Crippen LogP contribution in [0.5, 0.6) is 0 Å². The van der Waals surface area contributed by atoms with Gasteiger partial charge in [0.25, 0.3) is 5.91 Å². The van der Waals surface area contributed by atoms with Crippen LogP contribution in [0.4, 0.5) is 14.9 Å². The van der Waals surface area contributed by atoms with Crippen LogP contribution in [0.3, 0.4) is 0 Å². The summed E-state index contributed by atoms with van der Waals surface area (Å²) in [6, 6.07) is 6.68. The zero-order valence-electron chi connectivity index (χ0n) is 18.8. The predicted octanol–water partition coefficient (Wildman–Crippen LogP) is 3.43. The molecule has 0 bridgehead atoms. The summed E-state index contributed by atoms with van der Waals surface area (Å²) in [6.45, 7) is 5.90. The van der Waals surface area contributed by atoms with Crippen LogP contribution < -0.4 is 4.90 Å². The molecule has 0 aliphatic carbocycles. The van der Waals surface area contributed by atoms with E-state index in [4.69, 9.17) is 9.26 Å².